The summed E-state index contributed by atoms with van der Waals surface area (Å²) in [6.45, 7) is 0. The minimum atomic E-state index is -0.479. The third-order valence-corrected chi connectivity index (χ3v) is 3.62. The lowest BCUT2D eigenvalue weighted by Crippen LogP contribution is -2.14. The van der Waals surface area contributed by atoms with Gasteiger partial charge in [-0.05, 0) is 47.9 Å². The van der Waals surface area contributed by atoms with Gasteiger partial charge in [0.15, 0.2) is 0 Å². The van der Waals surface area contributed by atoms with Crippen molar-refractivity contribution >= 4 is 11.8 Å². The minimum Gasteiger partial charge on any atom is -0.508 e. The smallest absolute Gasteiger partial charge is 0.244 e. The molecule has 2 aromatic carbocycles. The van der Waals surface area contributed by atoms with E-state index in [2.05, 4.69) is 10.1 Å². The Hall–Kier alpha value is -3.32. The number of aromatic hydroxyl groups is 2. The molecule has 0 unspecified atom stereocenters. The third-order valence-electron chi connectivity index (χ3n) is 3.62. The summed E-state index contributed by atoms with van der Waals surface area (Å²) in [6, 6.07) is 12.9. The van der Waals surface area contributed by atoms with Crippen LogP contribution in [-0.4, -0.2) is 20.4 Å². The van der Waals surface area contributed by atoms with Gasteiger partial charge >= 0.3 is 0 Å². The first-order chi connectivity index (χ1) is 12.0. The maximum absolute atomic E-state index is 9.30. The van der Waals surface area contributed by atoms with Gasteiger partial charge in [0, 0.05) is 0 Å². The predicted molar refractivity (Wildman–Crippen MR) is 93.2 cm³/mol. The molecule has 0 aliphatic carbocycles. The molecule has 0 radical (unpaired) electrons. The first kappa shape index (κ1) is 16.5. The quantitative estimate of drug-likeness (QED) is 0.560. The van der Waals surface area contributed by atoms with Crippen LogP contribution in [0.3, 0.4) is 0 Å². The largest absolute Gasteiger partial charge is 0.508 e. The Labute approximate surface area is 144 Å². The maximum atomic E-state index is 9.30. The highest BCUT2D eigenvalue weighted by Crippen LogP contribution is 2.19. The lowest BCUT2D eigenvalue weighted by Gasteiger charge is -2.06. The van der Waals surface area contributed by atoms with E-state index in [-0.39, 0.29) is 23.2 Å². The molecule has 1 atom stereocenters. The predicted octanol–water partition coefficient (Wildman–Crippen LogP) is 2.18. The van der Waals surface area contributed by atoms with Gasteiger partial charge in [-0.2, -0.15) is 4.98 Å². The Morgan fingerprint density at radius 3 is 2.28 bits per heavy atom. The molecule has 0 amide bonds. The maximum Gasteiger partial charge on any atom is 0.244 e. The van der Waals surface area contributed by atoms with Gasteiger partial charge in [0.2, 0.25) is 11.7 Å². The van der Waals surface area contributed by atoms with Crippen LogP contribution in [0.25, 0.3) is 11.8 Å². The summed E-state index contributed by atoms with van der Waals surface area (Å²) in [7, 11) is 0. The van der Waals surface area contributed by atoms with Crippen molar-refractivity contribution in [2.45, 2.75) is 12.5 Å². The number of phenolic OH excluding ortho intramolecular Hbond substituents is 2. The molecule has 0 aliphatic heterocycles. The number of hydrogen-bond donors (Lipinski definition) is 4. The van der Waals surface area contributed by atoms with E-state index < -0.39 is 6.04 Å². The van der Waals surface area contributed by atoms with Gasteiger partial charge in [0.1, 0.15) is 11.5 Å². The zero-order valence-electron chi connectivity index (χ0n) is 13.3. The number of nitrogens with zero attached hydrogens (tertiary/aromatic N) is 2. The summed E-state index contributed by atoms with van der Waals surface area (Å²) in [5, 5.41) is 22.4. The first-order valence-electron chi connectivity index (χ1n) is 7.65. The molecule has 0 spiro atoms. The van der Waals surface area contributed by atoms with Crippen molar-refractivity contribution in [1.82, 2.24) is 10.1 Å². The van der Waals surface area contributed by atoms with E-state index in [1.807, 2.05) is 0 Å². The number of aromatic nitrogens is 2. The van der Waals surface area contributed by atoms with Crippen molar-refractivity contribution in [3.05, 3.63) is 71.4 Å². The molecule has 6 N–H and O–H groups in total. The van der Waals surface area contributed by atoms with Crippen LogP contribution < -0.4 is 11.5 Å². The zero-order valence-corrected chi connectivity index (χ0v) is 13.3. The van der Waals surface area contributed by atoms with Gasteiger partial charge in [-0.1, -0.05) is 29.4 Å². The number of benzene rings is 2. The van der Waals surface area contributed by atoms with E-state index in [0.29, 0.717) is 12.1 Å². The summed E-state index contributed by atoms with van der Waals surface area (Å²) >= 11 is 0. The second-order valence-electron chi connectivity index (χ2n) is 5.62. The van der Waals surface area contributed by atoms with E-state index in [4.69, 9.17) is 16.0 Å². The van der Waals surface area contributed by atoms with Crippen molar-refractivity contribution in [3.8, 4) is 11.5 Å². The van der Waals surface area contributed by atoms with E-state index in [9.17, 15) is 10.2 Å². The van der Waals surface area contributed by atoms with Crippen LogP contribution in [0.1, 0.15) is 28.9 Å². The molecule has 0 saturated carbocycles. The third kappa shape index (κ3) is 4.15. The highest BCUT2D eigenvalue weighted by atomic mass is 16.5. The average Bonchev–Trinajstić information content (AvgIpc) is 3.09. The van der Waals surface area contributed by atoms with Gasteiger partial charge in [0.25, 0.3) is 0 Å². The van der Waals surface area contributed by atoms with Gasteiger partial charge < -0.3 is 26.2 Å². The average molecular weight is 338 g/mol. The van der Waals surface area contributed by atoms with E-state index in [0.717, 1.165) is 11.1 Å². The highest BCUT2D eigenvalue weighted by Gasteiger charge is 2.16. The second-order valence-corrected chi connectivity index (χ2v) is 5.62. The summed E-state index contributed by atoms with van der Waals surface area (Å²) in [5.74, 6) is 0.914. The number of rotatable bonds is 5. The first-order valence-corrected chi connectivity index (χ1v) is 7.65. The van der Waals surface area contributed by atoms with Crippen LogP contribution in [0.15, 0.2) is 53.1 Å². The van der Waals surface area contributed by atoms with Gasteiger partial charge in [-0.3, -0.25) is 0 Å². The monoisotopic (exact) mass is 338 g/mol. The van der Waals surface area contributed by atoms with Crippen LogP contribution in [0.5, 0.6) is 11.5 Å². The van der Waals surface area contributed by atoms with Crippen molar-refractivity contribution in [2.75, 3.05) is 0 Å². The fraction of sp³-hybridized carbons (Fsp3) is 0.111. The van der Waals surface area contributed by atoms with Crippen LogP contribution in [-0.2, 0) is 6.42 Å². The molecule has 1 heterocycles. The Morgan fingerprint density at radius 1 is 1.04 bits per heavy atom. The molecule has 1 aromatic heterocycles. The summed E-state index contributed by atoms with van der Waals surface area (Å²) in [5.41, 5.74) is 14.2. The van der Waals surface area contributed by atoms with Gasteiger partial charge in [-0.15, -0.1) is 0 Å². The number of phenols is 2. The highest BCUT2D eigenvalue weighted by molar-refractivity contribution is 5.76. The lowest BCUT2D eigenvalue weighted by atomic mass is 10.1. The van der Waals surface area contributed by atoms with E-state index >= 15 is 0 Å². The number of nitrogens with two attached hydrogens (primary N) is 2. The molecule has 3 rings (SSSR count). The standard InChI is InChI=1S/C18H18N4O3/c19-15(9-11-1-5-13(23)6-2-11)17-21-18(25-22-17)16(20)10-12-3-7-14(24)8-4-12/h1-9,16,23-24H,10,19-20H2/b15-9-/t16-/m0/s1. The summed E-state index contributed by atoms with van der Waals surface area (Å²) < 4.78 is 5.20. The molecule has 0 fully saturated rings. The Balaban J connectivity index is 1.72. The Bertz CT molecular complexity index is 870. The van der Waals surface area contributed by atoms with Gasteiger partial charge in [-0.25, -0.2) is 0 Å². The van der Waals surface area contributed by atoms with E-state index in [1.54, 1.807) is 54.6 Å². The van der Waals surface area contributed by atoms with Gasteiger partial charge in [0.05, 0.1) is 11.7 Å². The molecule has 7 heteroatoms. The second kappa shape index (κ2) is 7.06. The fourth-order valence-electron chi connectivity index (χ4n) is 2.29. The van der Waals surface area contributed by atoms with Crippen molar-refractivity contribution < 1.29 is 14.7 Å². The summed E-state index contributed by atoms with van der Waals surface area (Å²) in [6.07, 6.45) is 2.17. The Morgan fingerprint density at radius 2 is 1.64 bits per heavy atom. The normalized spacial score (nSPS) is 12.9. The van der Waals surface area contributed by atoms with Crippen molar-refractivity contribution in [2.24, 2.45) is 11.5 Å². The van der Waals surface area contributed by atoms with Crippen LogP contribution >= 0.6 is 0 Å². The SMILES string of the molecule is N/C(=C\c1ccc(O)cc1)c1noc([C@@H](N)Cc2ccc(O)cc2)n1. The topological polar surface area (TPSA) is 131 Å². The fourth-order valence-corrected chi connectivity index (χ4v) is 2.29. The molecule has 7 nitrogen and oxygen atoms in total. The molecular weight excluding hydrogens is 320 g/mol. The minimum absolute atomic E-state index is 0.178. The molecule has 25 heavy (non-hydrogen) atoms. The number of hydrogen-bond acceptors (Lipinski definition) is 7. The van der Waals surface area contributed by atoms with Crippen LogP contribution in [0.4, 0.5) is 0 Å². The van der Waals surface area contributed by atoms with E-state index in [1.165, 1.54) is 0 Å². The summed E-state index contributed by atoms with van der Waals surface area (Å²) in [4.78, 5) is 4.24. The Kier molecular flexibility index (Phi) is 4.67. The zero-order chi connectivity index (χ0) is 17.8. The molecule has 128 valence electrons. The molecule has 0 aliphatic rings. The van der Waals surface area contributed by atoms with Crippen molar-refractivity contribution in [3.63, 3.8) is 0 Å². The van der Waals surface area contributed by atoms with Crippen molar-refractivity contribution in [1.29, 1.82) is 0 Å². The lowest BCUT2D eigenvalue weighted by molar-refractivity contribution is 0.352. The van der Waals surface area contributed by atoms with Crippen LogP contribution in [0.2, 0.25) is 0 Å². The molecular formula is C18H18N4O3. The molecule has 3 aromatic rings. The van der Waals surface area contributed by atoms with Crippen LogP contribution in [0, 0.1) is 0 Å². The molecule has 0 bridgehead atoms. The molecule has 0 saturated heterocycles.